The number of hydrogen-bond donors (Lipinski definition) is 2. The molecule has 0 aliphatic carbocycles. The standard InChI is InChI=1S/C14H22N2O2/c1-10(2)12-4-6-13(7-5-12)18-9-8-16-14(17)11(3)15/h4-7,10-11H,8-9,15H2,1-3H3,(H,16,17). The molecule has 1 atom stereocenters. The van der Waals surface area contributed by atoms with E-state index in [4.69, 9.17) is 10.5 Å². The third-order valence-corrected chi connectivity index (χ3v) is 2.63. The molecule has 0 aliphatic rings. The van der Waals surface area contributed by atoms with Gasteiger partial charge in [0.1, 0.15) is 12.4 Å². The van der Waals surface area contributed by atoms with Crippen LogP contribution in [0.5, 0.6) is 5.75 Å². The van der Waals surface area contributed by atoms with E-state index in [0.29, 0.717) is 19.1 Å². The summed E-state index contributed by atoms with van der Waals surface area (Å²) >= 11 is 0. The molecule has 0 spiro atoms. The molecule has 4 nitrogen and oxygen atoms in total. The minimum absolute atomic E-state index is 0.159. The summed E-state index contributed by atoms with van der Waals surface area (Å²) in [5, 5.41) is 2.69. The molecule has 0 aliphatic heterocycles. The molecule has 3 N–H and O–H groups in total. The van der Waals surface area contributed by atoms with Crippen molar-refractivity contribution < 1.29 is 9.53 Å². The highest BCUT2D eigenvalue weighted by molar-refractivity contribution is 5.80. The minimum atomic E-state index is -0.477. The lowest BCUT2D eigenvalue weighted by Gasteiger charge is -2.10. The molecule has 1 unspecified atom stereocenters. The number of nitrogens with one attached hydrogen (secondary N) is 1. The molecule has 1 aromatic rings. The van der Waals surface area contributed by atoms with Crippen LogP contribution in [-0.2, 0) is 4.79 Å². The number of amides is 1. The summed E-state index contributed by atoms with van der Waals surface area (Å²) in [5.41, 5.74) is 6.71. The van der Waals surface area contributed by atoms with Crippen molar-refractivity contribution in [1.82, 2.24) is 5.32 Å². The second kappa shape index (κ2) is 7.01. The molecule has 100 valence electrons. The summed E-state index contributed by atoms with van der Waals surface area (Å²) in [4.78, 5) is 11.2. The fraction of sp³-hybridized carbons (Fsp3) is 0.500. The van der Waals surface area contributed by atoms with E-state index in [1.807, 2.05) is 12.1 Å². The largest absolute Gasteiger partial charge is 0.492 e. The Morgan fingerprint density at radius 1 is 1.28 bits per heavy atom. The van der Waals surface area contributed by atoms with Gasteiger partial charge in [0.2, 0.25) is 5.91 Å². The first-order valence-corrected chi connectivity index (χ1v) is 6.26. The summed E-state index contributed by atoms with van der Waals surface area (Å²) in [7, 11) is 0. The maximum atomic E-state index is 11.2. The van der Waals surface area contributed by atoms with Crippen molar-refractivity contribution in [3.8, 4) is 5.75 Å². The third kappa shape index (κ3) is 4.75. The van der Waals surface area contributed by atoms with Crippen LogP contribution in [0.4, 0.5) is 0 Å². The summed E-state index contributed by atoms with van der Waals surface area (Å²) in [6, 6.07) is 7.53. The number of carbonyl (C=O) groups excluding carboxylic acids is 1. The molecule has 0 radical (unpaired) electrons. The molecule has 0 saturated carbocycles. The van der Waals surface area contributed by atoms with Gasteiger partial charge in [-0.3, -0.25) is 4.79 Å². The van der Waals surface area contributed by atoms with Gasteiger partial charge in [0, 0.05) is 0 Å². The Morgan fingerprint density at radius 2 is 1.89 bits per heavy atom. The summed E-state index contributed by atoms with van der Waals surface area (Å²) in [5.74, 6) is 1.17. The van der Waals surface area contributed by atoms with Gasteiger partial charge in [-0.15, -0.1) is 0 Å². The number of benzene rings is 1. The van der Waals surface area contributed by atoms with Crippen molar-refractivity contribution in [2.75, 3.05) is 13.2 Å². The first-order valence-electron chi connectivity index (χ1n) is 6.26. The second-order valence-corrected chi connectivity index (χ2v) is 4.65. The third-order valence-electron chi connectivity index (χ3n) is 2.63. The van der Waals surface area contributed by atoms with Gasteiger partial charge in [-0.1, -0.05) is 26.0 Å². The molecular formula is C14H22N2O2. The first kappa shape index (κ1) is 14.5. The monoisotopic (exact) mass is 250 g/mol. The Labute approximate surface area is 109 Å². The number of ether oxygens (including phenoxy) is 1. The molecule has 0 bridgehead atoms. The van der Waals surface area contributed by atoms with Crippen molar-refractivity contribution in [2.24, 2.45) is 5.73 Å². The van der Waals surface area contributed by atoms with Crippen LogP contribution in [0.3, 0.4) is 0 Å². The zero-order valence-electron chi connectivity index (χ0n) is 11.3. The van der Waals surface area contributed by atoms with Crippen LogP contribution in [0.15, 0.2) is 24.3 Å². The second-order valence-electron chi connectivity index (χ2n) is 4.65. The van der Waals surface area contributed by atoms with Gasteiger partial charge in [0.05, 0.1) is 12.6 Å². The fourth-order valence-electron chi connectivity index (χ4n) is 1.45. The number of carbonyl (C=O) groups is 1. The molecule has 1 amide bonds. The maximum absolute atomic E-state index is 11.2. The van der Waals surface area contributed by atoms with E-state index < -0.39 is 6.04 Å². The number of nitrogens with two attached hydrogens (primary N) is 1. The van der Waals surface area contributed by atoms with Gasteiger partial charge >= 0.3 is 0 Å². The Morgan fingerprint density at radius 3 is 2.39 bits per heavy atom. The van der Waals surface area contributed by atoms with Crippen molar-refractivity contribution in [1.29, 1.82) is 0 Å². The smallest absolute Gasteiger partial charge is 0.236 e. The SMILES string of the molecule is CC(N)C(=O)NCCOc1ccc(C(C)C)cc1. The zero-order valence-corrected chi connectivity index (χ0v) is 11.3. The highest BCUT2D eigenvalue weighted by Crippen LogP contribution is 2.18. The van der Waals surface area contributed by atoms with Crippen molar-refractivity contribution in [2.45, 2.75) is 32.7 Å². The van der Waals surface area contributed by atoms with Crippen LogP contribution in [-0.4, -0.2) is 25.1 Å². The quantitative estimate of drug-likeness (QED) is 0.755. The molecule has 0 heterocycles. The molecular weight excluding hydrogens is 228 g/mol. The molecule has 18 heavy (non-hydrogen) atoms. The molecule has 1 rings (SSSR count). The van der Waals surface area contributed by atoms with E-state index in [0.717, 1.165) is 5.75 Å². The predicted molar refractivity (Wildman–Crippen MR) is 72.7 cm³/mol. The van der Waals surface area contributed by atoms with Gasteiger partial charge in [-0.25, -0.2) is 0 Å². The van der Waals surface area contributed by atoms with E-state index in [-0.39, 0.29) is 5.91 Å². The topological polar surface area (TPSA) is 64.4 Å². The van der Waals surface area contributed by atoms with Crippen molar-refractivity contribution >= 4 is 5.91 Å². The van der Waals surface area contributed by atoms with E-state index in [1.165, 1.54) is 5.56 Å². The lowest BCUT2D eigenvalue weighted by molar-refractivity contribution is -0.122. The van der Waals surface area contributed by atoms with Gasteiger partial charge in [-0.2, -0.15) is 0 Å². The average molecular weight is 250 g/mol. The Bertz CT molecular complexity index is 372. The lowest BCUT2D eigenvalue weighted by Crippen LogP contribution is -2.40. The lowest BCUT2D eigenvalue weighted by atomic mass is 10.0. The Hall–Kier alpha value is -1.55. The first-order chi connectivity index (χ1) is 8.50. The van der Waals surface area contributed by atoms with E-state index in [2.05, 4.69) is 31.3 Å². The van der Waals surface area contributed by atoms with Gasteiger partial charge in [0.25, 0.3) is 0 Å². The summed E-state index contributed by atoms with van der Waals surface area (Å²) < 4.78 is 5.52. The van der Waals surface area contributed by atoms with Crippen LogP contribution in [0.1, 0.15) is 32.3 Å². The van der Waals surface area contributed by atoms with E-state index in [1.54, 1.807) is 6.92 Å². The predicted octanol–water partition coefficient (Wildman–Crippen LogP) is 1.65. The summed E-state index contributed by atoms with van der Waals surface area (Å²) in [6.07, 6.45) is 0. The highest BCUT2D eigenvalue weighted by atomic mass is 16.5. The maximum Gasteiger partial charge on any atom is 0.236 e. The normalized spacial score (nSPS) is 12.3. The Kier molecular flexibility index (Phi) is 5.65. The minimum Gasteiger partial charge on any atom is -0.492 e. The van der Waals surface area contributed by atoms with Crippen molar-refractivity contribution in [3.05, 3.63) is 29.8 Å². The molecule has 0 saturated heterocycles. The summed E-state index contributed by atoms with van der Waals surface area (Å²) in [6.45, 7) is 6.87. The molecule has 0 aromatic heterocycles. The van der Waals surface area contributed by atoms with Crippen LogP contribution >= 0.6 is 0 Å². The van der Waals surface area contributed by atoms with Crippen LogP contribution in [0.25, 0.3) is 0 Å². The van der Waals surface area contributed by atoms with Gasteiger partial charge in [0.15, 0.2) is 0 Å². The highest BCUT2D eigenvalue weighted by Gasteiger charge is 2.05. The molecule has 1 aromatic carbocycles. The van der Waals surface area contributed by atoms with E-state index in [9.17, 15) is 4.79 Å². The zero-order chi connectivity index (χ0) is 13.5. The van der Waals surface area contributed by atoms with Crippen molar-refractivity contribution in [3.63, 3.8) is 0 Å². The van der Waals surface area contributed by atoms with Crippen LogP contribution in [0.2, 0.25) is 0 Å². The fourth-order valence-corrected chi connectivity index (χ4v) is 1.45. The Balaban J connectivity index is 2.29. The van der Waals surface area contributed by atoms with Crippen LogP contribution in [0, 0.1) is 0 Å². The average Bonchev–Trinajstić information content (AvgIpc) is 2.34. The van der Waals surface area contributed by atoms with Gasteiger partial charge < -0.3 is 15.8 Å². The number of rotatable bonds is 6. The molecule has 4 heteroatoms. The van der Waals surface area contributed by atoms with Gasteiger partial charge in [-0.05, 0) is 30.5 Å². The van der Waals surface area contributed by atoms with Crippen LogP contribution < -0.4 is 15.8 Å². The van der Waals surface area contributed by atoms with E-state index >= 15 is 0 Å². The molecule has 0 fully saturated rings. The number of hydrogen-bond acceptors (Lipinski definition) is 3.